The Hall–Kier alpha value is -1.81. The molecule has 8 heteroatoms. The van der Waals surface area contributed by atoms with Crippen LogP contribution in [0, 0.1) is 11.3 Å². The molecule has 0 bridgehead atoms. The van der Waals surface area contributed by atoms with Crippen molar-refractivity contribution in [1.29, 1.82) is 5.26 Å². The Morgan fingerprint density at radius 2 is 2.05 bits per heavy atom. The SMILES string of the molecule is N#Cc1ccc(CNc2c(Cl)cc(Cl)c3c2N=S=N3)o1. The van der Waals surface area contributed by atoms with Crippen LogP contribution < -0.4 is 5.32 Å². The zero-order valence-corrected chi connectivity index (χ0v) is 12.2. The van der Waals surface area contributed by atoms with Crippen molar-refractivity contribution in [2.24, 2.45) is 8.73 Å². The van der Waals surface area contributed by atoms with Crippen molar-refractivity contribution in [2.75, 3.05) is 5.32 Å². The van der Waals surface area contributed by atoms with Gasteiger partial charge in [-0.15, -0.1) is 0 Å². The second kappa shape index (κ2) is 5.29. The van der Waals surface area contributed by atoms with Gasteiger partial charge in [0.1, 0.15) is 23.2 Å². The number of anilines is 1. The van der Waals surface area contributed by atoms with E-state index in [-0.39, 0.29) is 5.76 Å². The summed E-state index contributed by atoms with van der Waals surface area (Å²) in [6, 6.07) is 6.89. The minimum atomic E-state index is 0.268. The lowest BCUT2D eigenvalue weighted by Gasteiger charge is -2.10. The first-order valence-corrected chi connectivity index (χ1v) is 7.00. The molecular formula is C12H6Cl2N4OS. The maximum absolute atomic E-state index is 8.71. The molecular weight excluding hydrogens is 319 g/mol. The van der Waals surface area contributed by atoms with Gasteiger partial charge in [-0.1, -0.05) is 23.2 Å². The van der Waals surface area contributed by atoms with E-state index < -0.39 is 0 Å². The van der Waals surface area contributed by atoms with E-state index >= 15 is 0 Å². The van der Waals surface area contributed by atoms with Gasteiger partial charge in [0.2, 0.25) is 5.76 Å². The Bertz CT molecular complexity index is 803. The number of nitrogens with zero attached hydrogens (tertiary/aromatic N) is 3. The third kappa shape index (κ3) is 2.31. The summed E-state index contributed by atoms with van der Waals surface area (Å²) in [5.41, 5.74) is 1.88. The summed E-state index contributed by atoms with van der Waals surface area (Å²) < 4.78 is 13.6. The van der Waals surface area contributed by atoms with Crippen molar-refractivity contribution < 1.29 is 4.42 Å². The van der Waals surface area contributed by atoms with Crippen molar-refractivity contribution in [2.45, 2.75) is 6.54 Å². The van der Waals surface area contributed by atoms with Crippen LogP contribution in [0.4, 0.5) is 17.1 Å². The van der Waals surface area contributed by atoms with Gasteiger partial charge >= 0.3 is 0 Å². The van der Waals surface area contributed by atoms with Gasteiger partial charge in [0.05, 0.1) is 33.6 Å². The molecule has 0 fully saturated rings. The summed E-state index contributed by atoms with van der Waals surface area (Å²) in [5, 5.41) is 12.8. The van der Waals surface area contributed by atoms with E-state index in [4.69, 9.17) is 32.9 Å². The number of rotatable bonds is 3. The average Bonchev–Trinajstić information content (AvgIpc) is 3.06. The van der Waals surface area contributed by atoms with Crippen LogP contribution in [0.25, 0.3) is 0 Å². The van der Waals surface area contributed by atoms with Crippen LogP contribution in [-0.4, -0.2) is 0 Å². The number of hydrogen-bond acceptors (Lipinski definition) is 5. The first-order valence-electron chi connectivity index (χ1n) is 5.52. The second-order valence-corrected chi connectivity index (χ2v) is 5.25. The normalized spacial score (nSPS) is 11.8. The van der Waals surface area contributed by atoms with E-state index in [1.807, 2.05) is 6.07 Å². The molecule has 1 aliphatic rings. The number of hydrogen-bond donors (Lipinski definition) is 1. The molecule has 20 heavy (non-hydrogen) atoms. The van der Waals surface area contributed by atoms with Gasteiger partial charge in [0.15, 0.2) is 0 Å². The molecule has 0 spiro atoms. The molecule has 1 aromatic carbocycles. The fraction of sp³-hybridized carbons (Fsp3) is 0.0833. The molecule has 3 rings (SSSR count). The highest BCUT2D eigenvalue weighted by Crippen LogP contribution is 2.47. The number of nitriles is 1. The number of furan rings is 1. The van der Waals surface area contributed by atoms with Crippen LogP contribution >= 0.6 is 23.2 Å². The Morgan fingerprint density at radius 1 is 1.25 bits per heavy atom. The van der Waals surface area contributed by atoms with Gasteiger partial charge in [-0.2, -0.15) is 14.0 Å². The van der Waals surface area contributed by atoms with Crippen LogP contribution in [-0.2, 0) is 17.9 Å². The van der Waals surface area contributed by atoms with E-state index in [0.29, 0.717) is 39.4 Å². The summed E-state index contributed by atoms with van der Waals surface area (Å²) in [7, 11) is 0. The molecule has 0 saturated carbocycles. The van der Waals surface area contributed by atoms with E-state index in [1.165, 1.54) is 0 Å². The van der Waals surface area contributed by atoms with E-state index in [9.17, 15) is 0 Å². The quantitative estimate of drug-likeness (QED) is 0.752. The topological polar surface area (TPSA) is 73.7 Å². The Labute approximate surface area is 128 Å². The molecule has 2 heterocycles. The predicted octanol–water partition coefficient (Wildman–Crippen LogP) is 4.80. The zero-order valence-electron chi connectivity index (χ0n) is 9.85. The minimum Gasteiger partial charge on any atom is -0.449 e. The highest BCUT2D eigenvalue weighted by molar-refractivity contribution is 7.58. The van der Waals surface area contributed by atoms with Gasteiger partial charge in [-0.25, -0.2) is 0 Å². The summed E-state index contributed by atoms with van der Waals surface area (Å²) in [5.74, 6) is 0.897. The highest BCUT2D eigenvalue weighted by atomic mass is 35.5. The molecule has 1 aliphatic heterocycles. The van der Waals surface area contributed by atoms with Crippen molar-refractivity contribution in [3.8, 4) is 6.07 Å². The van der Waals surface area contributed by atoms with Crippen molar-refractivity contribution in [3.05, 3.63) is 39.8 Å². The van der Waals surface area contributed by atoms with Crippen LogP contribution in [0.15, 0.2) is 31.3 Å². The molecule has 100 valence electrons. The van der Waals surface area contributed by atoms with Gasteiger partial charge in [-0.3, -0.25) is 0 Å². The predicted molar refractivity (Wildman–Crippen MR) is 78.8 cm³/mol. The van der Waals surface area contributed by atoms with Crippen molar-refractivity contribution in [3.63, 3.8) is 0 Å². The molecule has 0 radical (unpaired) electrons. The standard InChI is InChI=1S/C12H6Cl2N4OS/c13-8-3-9(14)11-12(18-20-17-11)10(8)16-5-7-2-1-6(4-15)19-7/h1-3,16H,5H2. The third-order valence-corrected chi connectivity index (χ3v) is 3.77. The van der Waals surface area contributed by atoms with E-state index in [2.05, 4.69) is 14.0 Å². The van der Waals surface area contributed by atoms with Gasteiger partial charge in [0.25, 0.3) is 0 Å². The molecule has 1 aromatic heterocycles. The molecule has 1 N–H and O–H groups in total. The lowest BCUT2D eigenvalue weighted by molar-refractivity contribution is 0.506. The van der Waals surface area contributed by atoms with Gasteiger partial charge in [-0.05, 0) is 18.2 Å². The monoisotopic (exact) mass is 324 g/mol. The third-order valence-electron chi connectivity index (χ3n) is 2.66. The van der Waals surface area contributed by atoms with Crippen LogP contribution in [0.2, 0.25) is 10.0 Å². The Kier molecular flexibility index (Phi) is 3.49. The lowest BCUT2D eigenvalue weighted by Crippen LogP contribution is -1.99. The fourth-order valence-electron chi connectivity index (χ4n) is 1.75. The van der Waals surface area contributed by atoms with Crippen LogP contribution in [0.5, 0.6) is 0 Å². The van der Waals surface area contributed by atoms with Gasteiger partial charge in [0, 0.05) is 0 Å². The Balaban J connectivity index is 1.87. The minimum absolute atomic E-state index is 0.268. The lowest BCUT2D eigenvalue weighted by atomic mass is 10.2. The largest absolute Gasteiger partial charge is 0.449 e. The maximum atomic E-state index is 8.71. The molecule has 0 aliphatic carbocycles. The molecule has 0 saturated heterocycles. The Morgan fingerprint density at radius 3 is 2.80 bits per heavy atom. The second-order valence-electron chi connectivity index (χ2n) is 3.91. The number of fused-ring (bicyclic) bond motifs is 1. The zero-order chi connectivity index (χ0) is 14.1. The smallest absolute Gasteiger partial charge is 0.203 e. The van der Waals surface area contributed by atoms with Gasteiger partial charge < -0.3 is 9.73 Å². The van der Waals surface area contributed by atoms with Crippen molar-refractivity contribution >= 4 is 51.6 Å². The molecule has 5 nitrogen and oxygen atoms in total. The molecule has 0 unspecified atom stereocenters. The molecule has 2 aromatic rings. The number of benzene rings is 1. The molecule has 0 atom stereocenters. The van der Waals surface area contributed by atoms with Crippen LogP contribution in [0.3, 0.4) is 0 Å². The first-order chi connectivity index (χ1) is 9.69. The van der Waals surface area contributed by atoms with Crippen LogP contribution in [0.1, 0.15) is 11.5 Å². The highest BCUT2D eigenvalue weighted by Gasteiger charge is 2.18. The maximum Gasteiger partial charge on any atom is 0.203 e. The first kappa shape index (κ1) is 13.2. The average molecular weight is 325 g/mol. The summed E-state index contributed by atoms with van der Waals surface area (Å²) in [4.78, 5) is 0. The fourth-order valence-corrected chi connectivity index (χ4v) is 2.93. The summed E-state index contributed by atoms with van der Waals surface area (Å²) in [6.45, 7) is 0.385. The number of halogens is 2. The summed E-state index contributed by atoms with van der Waals surface area (Å²) in [6.07, 6.45) is 0. The van der Waals surface area contributed by atoms with E-state index in [0.717, 1.165) is 11.4 Å². The summed E-state index contributed by atoms with van der Waals surface area (Å²) >= 11 is 13.3. The van der Waals surface area contributed by atoms with Crippen molar-refractivity contribution in [1.82, 2.24) is 0 Å². The number of nitrogens with one attached hydrogen (secondary N) is 1. The molecule has 0 amide bonds. The van der Waals surface area contributed by atoms with E-state index in [1.54, 1.807) is 18.2 Å².